The quantitative estimate of drug-likeness (QED) is 0.888. The van der Waals surface area contributed by atoms with Crippen molar-refractivity contribution in [2.24, 2.45) is 0 Å². The highest BCUT2D eigenvalue weighted by atomic mass is 35.5. The van der Waals surface area contributed by atoms with E-state index in [1.165, 1.54) is 0 Å². The third-order valence-corrected chi connectivity index (χ3v) is 2.51. The smallest absolute Gasteiger partial charge is 0.336 e. The highest BCUT2D eigenvalue weighted by Crippen LogP contribution is 2.21. The van der Waals surface area contributed by atoms with E-state index in [1.54, 1.807) is 18.2 Å². The van der Waals surface area contributed by atoms with Crippen molar-refractivity contribution >= 4 is 28.5 Å². The molecule has 0 bridgehead atoms. The lowest BCUT2D eigenvalue weighted by atomic mass is 10.1. The summed E-state index contributed by atoms with van der Waals surface area (Å²) in [6.07, 6.45) is 1.81. The number of aromatic nitrogens is 1. The van der Waals surface area contributed by atoms with E-state index >= 15 is 0 Å². The Morgan fingerprint density at radius 1 is 1.44 bits per heavy atom. The van der Waals surface area contributed by atoms with Crippen LogP contribution in [0.3, 0.4) is 0 Å². The van der Waals surface area contributed by atoms with Crippen LogP contribution in [0, 0.1) is 0 Å². The van der Waals surface area contributed by atoms with E-state index < -0.39 is 5.97 Å². The van der Waals surface area contributed by atoms with Gasteiger partial charge in [0, 0.05) is 22.1 Å². The summed E-state index contributed by atoms with van der Waals surface area (Å²) in [5, 5.41) is 10.2. The van der Waals surface area contributed by atoms with Crippen molar-refractivity contribution in [2.75, 3.05) is 0 Å². The lowest BCUT2D eigenvalue weighted by Crippen LogP contribution is -1.98. The number of aromatic carboxylic acids is 1. The molecule has 2 rings (SSSR count). The van der Waals surface area contributed by atoms with Crippen LogP contribution in [0.2, 0.25) is 0 Å². The molecule has 0 aliphatic carbocycles. The molecule has 1 N–H and O–H groups in total. The number of fused-ring (bicyclic) bond motifs is 1. The molecule has 0 saturated heterocycles. The second kappa shape index (κ2) is 4.02. The molecule has 0 aliphatic heterocycles. The molecule has 1 aromatic carbocycles. The first-order chi connectivity index (χ1) is 7.59. The standard InChI is InChI=1S/C12H10ClNO2/c1-8(13)7-14-6-5-9-10(12(15)16)3-2-4-11(9)14/h2-6H,1,7H2,(H,15,16). The zero-order valence-corrected chi connectivity index (χ0v) is 9.24. The first-order valence-electron chi connectivity index (χ1n) is 4.74. The zero-order valence-electron chi connectivity index (χ0n) is 8.48. The highest BCUT2D eigenvalue weighted by Gasteiger charge is 2.10. The highest BCUT2D eigenvalue weighted by molar-refractivity contribution is 6.29. The molecule has 0 amide bonds. The molecule has 4 heteroatoms. The van der Waals surface area contributed by atoms with Crippen molar-refractivity contribution in [1.29, 1.82) is 0 Å². The molecule has 0 aliphatic rings. The Labute approximate surface area is 97.6 Å². The molecule has 0 saturated carbocycles. The molecule has 16 heavy (non-hydrogen) atoms. The van der Waals surface area contributed by atoms with Gasteiger partial charge in [-0.15, -0.1) is 0 Å². The van der Waals surface area contributed by atoms with Crippen molar-refractivity contribution < 1.29 is 9.90 Å². The molecule has 0 spiro atoms. The molecule has 1 aromatic heterocycles. The summed E-state index contributed by atoms with van der Waals surface area (Å²) in [7, 11) is 0. The summed E-state index contributed by atoms with van der Waals surface area (Å²) in [5.74, 6) is -0.923. The van der Waals surface area contributed by atoms with Gasteiger partial charge in [-0.3, -0.25) is 0 Å². The SMILES string of the molecule is C=C(Cl)Cn1ccc2c(C(=O)O)cccc21. The van der Waals surface area contributed by atoms with Crippen molar-refractivity contribution in [2.45, 2.75) is 6.54 Å². The van der Waals surface area contributed by atoms with Crippen LogP contribution in [0.1, 0.15) is 10.4 Å². The second-order valence-corrected chi connectivity index (χ2v) is 4.04. The fourth-order valence-electron chi connectivity index (χ4n) is 1.73. The topological polar surface area (TPSA) is 42.2 Å². The van der Waals surface area contributed by atoms with Crippen LogP contribution in [-0.4, -0.2) is 15.6 Å². The molecular weight excluding hydrogens is 226 g/mol. The number of carboxylic acids is 1. The Balaban J connectivity index is 2.61. The Kier molecular flexibility index (Phi) is 2.71. The van der Waals surface area contributed by atoms with E-state index in [0.29, 0.717) is 22.5 Å². The number of rotatable bonds is 3. The molecule has 0 unspecified atom stereocenters. The van der Waals surface area contributed by atoms with Crippen LogP contribution in [0.4, 0.5) is 0 Å². The lowest BCUT2D eigenvalue weighted by Gasteiger charge is -2.04. The van der Waals surface area contributed by atoms with Gasteiger partial charge in [0.05, 0.1) is 12.1 Å². The Bertz CT molecular complexity index is 571. The summed E-state index contributed by atoms with van der Waals surface area (Å²) in [6.45, 7) is 4.10. The van der Waals surface area contributed by atoms with Gasteiger partial charge < -0.3 is 9.67 Å². The Morgan fingerprint density at radius 3 is 2.81 bits per heavy atom. The van der Waals surface area contributed by atoms with E-state index in [2.05, 4.69) is 6.58 Å². The van der Waals surface area contributed by atoms with Crippen molar-refractivity contribution in [3.8, 4) is 0 Å². The van der Waals surface area contributed by atoms with Gasteiger partial charge in [0.2, 0.25) is 0 Å². The Morgan fingerprint density at radius 2 is 2.19 bits per heavy atom. The van der Waals surface area contributed by atoms with Gasteiger partial charge in [-0.1, -0.05) is 24.2 Å². The number of hydrogen-bond donors (Lipinski definition) is 1. The molecule has 2 aromatic rings. The predicted octanol–water partition coefficient (Wildman–Crippen LogP) is 3.09. The van der Waals surface area contributed by atoms with E-state index in [4.69, 9.17) is 16.7 Å². The minimum absolute atomic E-state index is 0.302. The average molecular weight is 236 g/mol. The van der Waals surface area contributed by atoms with Crippen LogP contribution in [0.15, 0.2) is 42.1 Å². The van der Waals surface area contributed by atoms with Gasteiger partial charge >= 0.3 is 5.97 Å². The maximum Gasteiger partial charge on any atom is 0.336 e. The summed E-state index contributed by atoms with van der Waals surface area (Å²) in [6, 6.07) is 6.95. The maximum absolute atomic E-state index is 11.0. The van der Waals surface area contributed by atoms with Crippen LogP contribution in [0.5, 0.6) is 0 Å². The number of carbonyl (C=O) groups is 1. The number of nitrogens with zero attached hydrogens (tertiary/aromatic N) is 1. The van der Waals surface area contributed by atoms with Crippen LogP contribution in [0.25, 0.3) is 10.9 Å². The largest absolute Gasteiger partial charge is 0.478 e. The van der Waals surface area contributed by atoms with Crippen molar-refractivity contribution in [3.63, 3.8) is 0 Å². The maximum atomic E-state index is 11.0. The monoisotopic (exact) mass is 235 g/mol. The molecule has 1 heterocycles. The van der Waals surface area contributed by atoms with E-state index in [9.17, 15) is 4.79 Å². The number of allylic oxidation sites excluding steroid dienone is 1. The molecule has 0 radical (unpaired) electrons. The predicted molar refractivity (Wildman–Crippen MR) is 63.9 cm³/mol. The van der Waals surface area contributed by atoms with Gasteiger partial charge in [0.15, 0.2) is 0 Å². The van der Waals surface area contributed by atoms with E-state index in [1.807, 2.05) is 16.8 Å². The average Bonchev–Trinajstić information content (AvgIpc) is 2.60. The molecule has 0 atom stereocenters. The molecule has 0 fully saturated rings. The number of carboxylic acid groups (broad SMARTS) is 1. The summed E-state index contributed by atoms with van der Waals surface area (Å²) in [5.41, 5.74) is 1.15. The van der Waals surface area contributed by atoms with Gasteiger partial charge in [0.1, 0.15) is 0 Å². The van der Waals surface area contributed by atoms with E-state index in [-0.39, 0.29) is 0 Å². The number of benzene rings is 1. The van der Waals surface area contributed by atoms with Gasteiger partial charge in [-0.2, -0.15) is 0 Å². The number of hydrogen-bond acceptors (Lipinski definition) is 1. The Hall–Kier alpha value is -1.74. The van der Waals surface area contributed by atoms with Crippen LogP contribution < -0.4 is 0 Å². The first-order valence-corrected chi connectivity index (χ1v) is 5.12. The molecular formula is C12H10ClNO2. The lowest BCUT2D eigenvalue weighted by molar-refractivity contribution is 0.0699. The van der Waals surface area contributed by atoms with E-state index in [0.717, 1.165) is 5.52 Å². The fraction of sp³-hybridized carbons (Fsp3) is 0.0833. The van der Waals surface area contributed by atoms with Crippen LogP contribution in [-0.2, 0) is 6.54 Å². The van der Waals surface area contributed by atoms with Crippen molar-refractivity contribution in [3.05, 3.63) is 47.6 Å². The first kappa shape index (κ1) is 10.8. The van der Waals surface area contributed by atoms with Gasteiger partial charge in [-0.05, 0) is 18.2 Å². The minimum atomic E-state index is -0.923. The minimum Gasteiger partial charge on any atom is -0.478 e. The van der Waals surface area contributed by atoms with Gasteiger partial charge in [-0.25, -0.2) is 4.79 Å². The zero-order chi connectivity index (χ0) is 11.7. The molecule has 82 valence electrons. The van der Waals surface area contributed by atoms with Crippen LogP contribution >= 0.6 is 11.6 Å². The van der Waals surface area contributed by atoms with Crippen molar-refractivity contribution in [1.82, 2.24) is 4.57 Å². The summed E-state index contributed by atoms with van der Waals surface area (Å²) < 4.78 is 1.87. The summed E-state index contributed by atoms with van der Waals surface area (Å²) >= 11 is 5.74. The third kappa shape index (κ3) is 1.82. The fourth-order valence-corrected chi connectivity index (χ4v) is 1.86. The second-order valence-electron chi connectivity index (χ2n) is 3.50. The van der Waals surface area contributed by atoms with Gasteiger partial charge in [0.25, 0.3) is 0 Å². The third-order valence-electron chi connectivity index (χ3n) is 2.39. The normalized spacial score (nSPS) is 10.6. The summed E-state index contributed by atoms with van der Waals surface area (Å²) in [4.78, 5) is 11.0. The molecule has 3 nitrogen and oxygen atoms in total. The number of halogens is 1.